The summed E-state index contributed by atoms with van der Waals surface area (Å²) in [6, 6.07) is 3.59. The van der Waals surface area contributed by atoms with Crippen molar-refractivity contribution in [2.45, 2.75) is 52.1 Å². The van der Waals surface area contributed by atoms with E-state index in [0.717, 1.165) is 25.7 Å². The average molecular weight is 293 g/mol. The normalized spacial score (nSPS) is 20.0. The molecule has 118 valence electrons. The highest BCUT2D eigenvalue weighted by molar-refractivity contribution is 5.53. The number of ether oxygens (including phenoxy) is 1. The third-order valence-electron chi connectivity index (χ3n) is 4.30. The third-order valence-corrected chi connectivity index (χ3v) is 4.30. The monoisotopic (exact) mass is 293 g/mol. The maximum atomic E-state index is 10.6. The van der Waals surface area contributed by atoms with Gasteiger partial charge >= 0.3 is 0 Å². The van der Waals surface area contributed by atoms with Gasteiger partial charge in [0.25, 0.3) is 0 Å². The van der Waals surface area contributed by atoms with Crippen LogP contribution < -0.4 is 15.8 Å². The Bertz CT molecular complexity index is 478. The van der Waals surface area contributed by atoms with E-state index in [1.54, 1.807) is 6.07 Å². The first-order valence-corrected chi connectivity index (χ1v) is 7.69. The molecule has 0 unspecified atom stereocenters. The zero-order chi connectivity index (χ0) is 15.5. The van der Waals surface area contributed by atoms with E-state index in [9.17, 15) is 5.11 Å². The van der Waals surface area contributed by atoms with Crippen LogP contribution in [0.3, 0.4) is 0 Å². The molecule has 1 aliphatic carbocycles. The Labute approximate surface area is 126 Å². The average Bonchev–Trinajstić information content (AvgIpc) is 2.44. The molecule has 1 saturated carbocycles. The molecule has 1 aromatic heterocycles. The van der Waals surface area contributed by atoms with Crippen molar-refractivity contribution in [2.24, 2.45) is 5.41 Å². The van der Waals surface area contributed by atoms with Crippen molar-refractivity contribution in [1.29, 1.82) is 0 Å². The van der Waals surface area contributed by atoms with Crippen LogP contribution in [0.4, 0.5) is 11.5 Å². The number of anilines is 2. The molecular weight excluding hydrogens is 266 g/mol. The highest BCUT2D eigenvalue weighted by atomic mass is 16.5. The Balaban J connectivity index is 1.95. The van der Waals surface area contributed by atoms with E-state index in [4.69, 9.17) is 10.5 Å². The lowest BCUT2D eigenvalue weighted by atomic mass is 9.71. The molecule has 0 aliphatic heterocycles. The van der Waals surface area contributed by atoms with Crippen molar-refractivity contribution in [3.05, 3.63) is 12.1 Å². The minimum atomic E-state index is -0.648. The van der Waals surface area contributed by atoms with Crippen LogP contribution >= 0.6 is 0 Å². The highest BCUT2D eigenvalue weighted by Crippen LogP contribution is 2.40. The zero-order valence-corrected chi connectivity index (χ0v) is 13.3. The fourth-order valence-corrected chi connectivity index (χ4v) is 2.63. The molecule has 0 aromatic carbocycles. The second-order valence-corrected chi connectivity index (χ2v) is 6.77. The van der Waals surface area contributed by atoms with Gasteiger partial charge in [-0.3, -0.25) is 0 Å². The summed E-state index contributed by atoms with van der Waals surface area (Å²) in [6.07, 6.45) is 3.73. The van der Waals surface area contributed by atoms with Gasteiger partial charge in [-0.2, -0.15) is 4.98 Å². The van der Waals surface area contributed by atoms with Gasteiger partial charge in [-0.1, -0.05) is 13.8 Å². The number of pyridine rings is 1. The van der Waals surface area contributed by atoms with Crippen molar-refractivity contribution in [2.75, 3.05) is 24.2 Å². The summed E-state index contributed by atoms with van der Waals surface area (Å²) in [5.41, 5.74) is 6.03. The number of hydrogen-bond donors (Lipinski definition) is 3. The predicted molar refractivity (Wildman–Crippen MR) is 85.5 cm³/mol. The molecule has 1 fully saturated rings. The van der Waals surface area contributed by atoms with E-state index in [-0.39, 0.29) is 0 Å². The van der Waals surface area contributed by atoms with Crippen molar-refractivity contribution in [3.8, 4) is 5.88 Å². The number of aromatic nitrogens is 1. The summed E-state index contributed by atoms with van der Waals surface area (Å²) in [6.45, 7) is 7.45. The minimum absolute atomic E-state index is 0.341. The van der Waals surface area contributed by atoms with E-state index < -0.39 is 5.60 Å². The summed E-state index contributed by atoms with van der Waals surface area (Å²) < 4.78 is 5.38. The van der Waals surface area contributed by atoms with Gasteiger partial charge in [0.2, 0.25) is 5.88 Å². The Morgan fingerprint density at radius 2 is 1.95 bits per heavy atom. The first-order valence-electron chi connectivity index (χ1n) is 7.69. The fraction of sp³-hybridized carbons (Fsp3) is 0.688. The van der Waals surface area contributed by atoms with Crippen molar-refractivity contribution in [3.63, 3.8) is 0 Å². The second kappa shape index (κ2) is 6.10. The number of rotatable bonds is 5. The van der Waals surface area contributed by atoms with Gasteiger partial charge in [-0.05, 0) is 50.2 Å². The van der Waals surface area contributed by atoms with Gasteiger partial charge in [0, 0.05) is 6.54 Å². The van der Waals surface area contributed by atoms with Crippen LogP contribution in [0.25, 0.3) is 0 Å². The Morgan fingerprint density at radius 3 is 2.57 bits per heavy atom. The molecule has 0 amide bonds. The zero-order valence-electron chi connectivity index (χ0n) is 13.3. The molecule has 1 aromatic rings. The standard InChI is InChI=1S/C16H27N3O2/c1-4-21-14-12(17)5-6-13(19-14)18-11-16(20)9-7-15(2,3)8-10-16/h5-6,20H,4,7-11,17H2,1-3H3,(H,18,19). The van der Waals surface area contributed by atoms with Crippen molar-refractivity contribution < 1.29 is 9.84 Å². The first-order chi connectivity index (χ1) is 9.84. The quantitative estimate of drug-likeness (QED) is 0.778. The van der Waals surface area contributed by atoms with Gasteiger partial charge in [0.1, 0.15) is 5.82 Å². The number of nitrogens with zero attached hydrogens (tertiary/aromatic N) is 1. The Kier molecular flexibility index (Phi) is 4.61. The predicted octanol–water partition coefficient (Wildman–Crippen LogP) is 2.81. The maximum absolute atomic E-state index is 10.6. The van der Waals surface area contributed by atoms with E-state index in [1.807, 2.05) is 13.0 Å². The molecule has 2 rings (SSSR count). The molecule has 21 heavy (non-hydrogen) atoms. The smallest absolute Gasteiger partial charge is 0.239 e. The highest BCUT2D eigenvalue weighted by Gasteiger charge is 2.36. The maximum Gasteiger partial charge on any atom is 0.239 e. The molecule has 0 radical (unpaired) electrons. The molecule has 5 nitrogen and oxygen atoms in total. The van der Waals surface area contributed by atoms with Crippen molar-refractivity contribution in [1.82, 2.24) is 4.98 Å². The summed E-state index contributed by atoms with van der Waals surface area (Å²) >= 11 is 0. The van der Waals surface area contributed by atoms with Crippen LogP contribution in [0.1, 0.15) is 46.5 Å². The van der Waals surface area contributed by atoms with Crippen LogP contribution in [0.2, 0.25) is 0 Å². The molecule has 0 saturated heterocycles. The van der Waals surface area contributed by atoms with Gasteiger partial charge in [0.05, 0.1) is 17.9 Å². The van der Waals surface area contributed by atoms with Crippen molar-refractivity contribution >= 4 is 11.5 Å². The van der Waals surface area contributed by atoms with Crippen LogP contribution in [0.5, 0.6) is 5.88 Å². The van der Waals surface area contributed by atoms with Crippen LogP contribution in [0.15, 0.2) is 12.1 Å². The largest absolute Gasteiger partial charge is 0.476 e. The Morgan fingerprint density at radius 1 is 1.29 bits per heavy atom. The molecule has 1 heterocycles. The van der Waals surface area contributed by atoms with E-state index in [2.05, 4.69) is 24.1 Å². The third kappa shape index (κ3) is 4.24. The summed E-state index contributed by atoms with van der Waals surface area (Å²) in [7, 11) is 0. The molecular formula is C16H27N3O2. The first kappa shape index (κ1) is 15.9. The number of nitrogens with one attached hydrogen (secondary N) is 1. The van der Waals surface area contributed by atoms with Gasteiger partial charge in [-0.15, -0.1) is 0 Å². The summed E-state index contributed by atoms with van der Waals surface area (Å²) in [5.74, 6) is 1.13. The van der Waals surface area contributed by atoms with Gasteiger partial charge in [0.15, 0.2) is 0 Å². The molecule has 1 aliphatic rings. The number of nitrogens with two attached hydrogens (primary N) is 1. The SMILES string of the molecule is CCOc1nc(NCC2(O)CCC(C)(C)CC2)ccc1N. The van der Waals surface area contributed by atoms with Gasteiger partial charge in [-0.25, -0.2) is 0 Å². The Hall–Kier alpha value is -1.49. The topological polar surface area (TPSA) is 80.4 Å². The minimum Gasteiger partial charge on any atom is -0.476 e. The summed E-state index contributed by atoms with van der Waals surface area (Å²) in [4.78, 5) is 4.34. The van der Waals surface area contributed by atoms with Crippen LogP contribution in [-0.4, -0.2) is 28.8 Å². The number of nitrogen functional groups attached to an aromatic ring is 1. The fourth-order valence-electron chi connectivity index (χ4n) is 2.63. The lowest BCUT2D eigenvalue weighted by Gasteiger charge is -2.40. The summed E-state index contributed by atoms with van der Waals surface area (Å²) in [5, 5.41) is 13.9. The molecule has 0 atom stereocenters. The molecule has 0 spiro atoms. The number of hydrogen-bond acceptors (Lipinski definition) is 5. The van der Waals surface area contributed by atoms with Crippen LogP contribution in [-0.2, 0) is 0 Å². The molecule has 4 N–H and O–H groups in total. The van der Waals surface area contributed by atoms with E-state index in [1.165, 1.54) is 0 Å². The van der Waals surface area contributed by atoms with E-state index in [0.29, 0.717) is 36.0 Å². The lowest BCUT2D eigenvalue weighted by molar-refractivity contribution is -0.0146. The second-order valence-electron chi connectivity index (χ2n) is 6.77. The van der Waals surface area contributed by atoms with Crippen LogP contribution in [0, 0.1) is 5.41 Å². The lowest BCUT2D eigenvalue weighted by Crippen LogP contribution is -2.42. The molecule has 5 heteroatoms. The van der Waals surface area contributed by atoms with E-state index >= 15 is 0 Å². The number of aliphatic hydroxyl groups is 1. The molecule has 0 bridgehead atoms. The van der Waals surface area contributed by atoms with Gasteiger partial charge < -0.3 is 20.9 Å².